The van der Waals surface area contributed by atoms with E-state index in [9.17, 15) is 0 Å². The lowest BCUT2D eigenvalue weighted by Gasteiger charge is -2.19. The molecule has 2 aliphatic rings. The topological polar surface area (TPSA) is 0 Å². The smallest absolute Gasteiger partial charge is 0.0232 e. The number of rotatable bonds is 0. The van der Waals surface area contributed by atoms with Crippen molar-refractivity contribution in [2.75, 3.05) is 0 Å². The van der Waals surface area contributed by atoms with Crippen LogP contribution in [0.4, 0.5) is 0 Å². The van der Waals surface area contributed by atoms with Gasteiger partial charge in [-0.15, -0.1) is 11.8 Å². The Morgan fingerprint density at radius 1 is 0.842 bits per heavy atom. The van der Waals surface area contributed by atoms with Crippen LogP contribution in [0.2, 0.25) is 0 Å². The first-order valence-electron chi connectivity index (χ1n) is 7.02. The van der Waals surface area contributed by atoms with E-state index < -0.39 is 0 Å². The molecule has 1 aliphatic carbocycles. The predicted octanol–water partition coefficient (Wildman–Crippen LogP) is 4.19. The molecule has 19 heavy (non-hydrogen) atoms. The second-order valence-corrected chi connectivity index (χ2v) is 6.56. The fourth-order valence-electron chi connectivity index (χ4n) is 3.81. The van der Waals surface area contributed by atoms with Gasteiger partial charge in [-0.05, 0) is 74.2 Å². The van der Waals surface area contributed by atoms with Crippen LogP contribution in [0, 0.1) is 0 Å². The van der Waals surface area contributed by atoms with Crippen molar-refractivity contribution in [3.63, 3.8) is 0 Å². The molecule has 1 heterocycles. The van der Waals surface area contributed by atoms with E-state index in [-0.39, 0.29) is 0 Å². The molecular weight excluding hydrogens is 248 g/mol. The lowest BCUT2D eigenvalue weighted by atomic mass is 9.84. The minimum absolute atomic E-state index is 1.14. The average Bonchev–Trinajstić information content (AvgIpc) is 2.92. The molecule has 0 unspecified atom stereocenters. The molecule has 0 amide bonds. The Balaban J connectivity index is 2.13. The molecule has 0 saturated carbocycles. The Hall–Kier alpha value is -1.47. The number of benzene rings is 3. The van der Waals surface area contributed by atoms with Gasteiger partial charge in [-0.2, -0.15) is 0 Å². The zero-order valence-corrected chi connectivity index (χ0v) is 11.5. The van der Waals surface area contributed by atoms with E-state index in [0.717, 1.165) is 5.75 Å². The van der Waals surface area contributed by atoms with E-state index >= 15 is 0 Å². The van der Waals surface area contributed by atoms with Crippen molar-refractivity contribution in [2.45, 2.75) is 25.0 Å². The molecule has 0 atom stereocenters. The summed E-state index contributed by atoms with van der Waals surface area (Å²) in [6.45, 7) is 0. The van der Waals surface area contributed by atoms with Crippen molar-refractivity contribution in [2.24, 2.45) is 0 Å². The first-order valence-corrected chi connectivity index (χ1v) is 8.07. The Morgan fingerprint density at radius 2 is 1.68 bits per heavy atom. The molecule has 0 saturated heterocycles. The number of hydrogen-bond acceptors (Lipinski definition) is 1. The monoisotopic (exact) mass is 262 g/mol. The van der Waals surface area contributed by atoms with Gasteiger partial charge in [-0.3, -0.25) is 0 Å². The number of fused-ring (bicyclic) bond motifs is 2. The SMILES string of the molecule is C1=c2c(cc3ccc4c5c(ccc2c35)CCC4)CS1. The highest BCUT2D eigenvalue weighted by atomic mass is 32.2. The summed E-state index contributed by atoms with van der Waals surface area (Å²) in [5.41, 5.74) is 4.63. The maximum Gasteiger partial charge on any atom is 0.0232 e. The minimum Gasteiger partial charge on any atom is -0.129 e. The molecule has 92 valence electrons. The lowest BCUT2D eigenvalue weighted by Crippen LogP contribution is -2.09. The van der Waals surface area contributed by atoms with Crippen molar-refractivity contribution in [1.82, 2.24) is 0 Å². The van der Waals surface area contributed by atoms with Gasteiger partial charge in [0.25, 0.3) is 0 Å². The Kier molecular flexibility index (Phi) is 1.93. The Labute approximate surface area is 116 Å². The second kappa shape index (κ2) is 3.55. The van der Waals surface area contributed by atoms with Crippen LogP contribution < -0.4 is 5.22 Å². The fourth-order valence-corrected chi connectivity index (χ4v) is 4.76. The normalized spacial score (nSPS) is 16.8. The van der Waals surface area contributed by atoms with Gasteiger partial charge in [-0.25, -0.2) is 0 Å². The molecular formula is C18H14S. The molecule has 0 bridgehead atoms. The maximum atomic E-state index is 2.41. The van der Waals surface area contributed by atoms with Gasteiger partial charge in [-0.1, -0.05) is 24.3 Å². The van der Waals surface area contributed by atoms with Crippen molar-refractivity contribution < 1.29 is 0 Å². The van der Waals surface area contributed by atoms with Crippen LogP contribution in [0.25, 0.3) is 27.0 Å². The molecule has 1 heteroatoms. The highest BCUT2D eigenvalue weighted by Crippen LogP contribution is 2.36. The lowest BCUT2D eigenvalue weighted by molar-refractivity contribution is 0.809. The van der Waals surface area contributed by atoms with Gasteiger partial charge in [0.2, 0.25) is 0 Å². The van der Waals surface area contributed by atoms with Crippen molar-refractivity contribution in [1.29, 1.82) is 0 Å². The molecule has 3 aromatic carbocycles. The summed E-state index contributed by atoms with van der Waals surface area (Å²) >= 11 is 1.93. The summed E-state index contributed by atoms with van der Waals surface area (Å²) in [7, 11) is 0. The molecule has 5 rings (SSSR count). The van der Waals surface area contributed by atoms with Crippen LogP contribution in [-0.2, 0) is 18.6 Å². The third kappa shape index (κ3) is 1.26. The summed E-state index contributed by atoms with van der Waals surface area (Å²) in [6.07, 6.45) is 3.80. The van der Waals surface area contributed by atoms with E-state index in [1.54, 1.807) is 16.5 Å². The summed E-state index contributed by atoms with van der Waals surface area (Å²) in [5.74, 6) is 1.14. The minimum atomic E-state index is 1.14. The van der Waals surface area contributed by atoms with Gasteiger partial charge in [0.1, 0.15) is 0 Å². The highest BCUT2D eigenvalue weighted by molar-refractivity contribution is 8.06. The molecule has 0 spiro atoms. The zero-order valence-electron chi connectivity index (χ0n) is 10.7. The van der Waals surface area contributed by atoms with Crippen LogP contribution in [0.5, 0.6) is 0 Å². The quantitative estimate of drug-likeness (QED) is 0.585. The summed E-state index contributed by atoms with van der Waals surface area (Å²) < 4.78 is 0. The third-order valence-electron chi connectivity index (χ3n) is 4.66. The highest BCUT2D eigenvalue weighted by Gasteiger charge is 2.17. The van der Waals surface area contributed by atoms with E-state index in [4.69, 9.17) is 0 Å². The van der Waals surface area contributed by atoms with Crippen molar-refractivity contribution in [3.8, 4) is 0 Å². The standard InChI is InChI=1S/C18H14S/c1-2-11-4-5-13-8-14-9-19-10-16(14)15-7-6-12(3-1)17(11)18(13)15/h4-8,10H,1-3,9H2. The summed E-state index contributed by atoms with van der Waals surface area (Å²) in [6, 6.07) is 11.8. The maximum absolute atomic E-state index is 2.41. The van der Waals surface area contributed by atoms with Crippen LogP contribution in [0.3, 0.4) is 0 Å². The number of aryl methyl sites for hydroxylation is 2. The number of thioether (sulfide) groups is 1. The second-order valence-electron chi connectivity index (χ2n) is 5.70. The molecule has 0 radical (unpaired) electrons. The van der Waals surface area contributed by atoms with E-state index in [0.29, 0.717) is 0 Å². The molecule has 0 fully saturated rings. The van der Waals surface area contributed by atoms with Crippen molar-refractivity contribution >= 4 is 38.7 Å². The summed E-state index contributed by atoms with van der Waals surface area (Å²) in [4.78, 5) is 0. The number of hydrogen-bond donors (Lipinski definition) is 0. The van der Waals surface area contributed by atoms with Gasteiger partial charge < -0.3 is 0 Å². The van der Waals surface area contributed by atoms with E-state index in [2.05, 4.69) is 35.7 Å². The summed E-state index contributed by atoms with van der Waals surface area (Å²) in [5, 5.41) is 9.82. The van der Waals surface area contributed by atoms with Crippen LogP contribution in [0.15, 0.2) is 30.3 Å². The van der Waals surface area contributed by atoms with E-state index in [1.165, 1.54) is 46.2 Å². The van der Waals surface area contributed by atoms with Gasteiger partial charge in [0, 0.05) is 5.75 Å². The van der Waals surface area contributed by atoms with Gasteiger partial charge in [0.15, 0.2) is 0 Å². The molecule has 0 N–H and O–H groups in total. The molecule has 0 aromatic heterocycles. The average molecular weight is 262 g/mol. The first-order chi connectivity index (χ1) is 9.42. The third-order valence-corrected chi connectivity index (χ3v) is 5.54. The molecule has 1 aliphatic heterocycles. The van der Waals surface area contributed by atoms with Crippen LogP contribution in [-0.4, -0.2) is 0 Å². The van der Waals surface area contributed by atoms with Crippen LogP contribution in [0.1, 0.15) is 23.1 Å². The predicted molar refractivity (Wildman–Crippen MR) is 84.5 cm³/mol. The van der Waals surface area contributed by atoms with Crippen molar-refractivity contribution in [3.05, 3.63) is 52.2 Å². The van der Waals surface area contributed by atoms with Crippen LogP contribution >= 0.6 is 11.8 Å². The molecule has 3 aromatic rings. The Bertz CT molecular complexity index is 879. The van der Waals surface area contributed by atoms with Gasteiger partial charge >= 0.3 is 0 Å². The Morgan fingerprint density at radius 3 is 2.58 bits per heavy atom. The largest absolute Gasteiger partial charge is 0.129 e. The fraction of sp³-hybridized carbons (Fsp3) is 0.222. The van der Waals surface area contributed by atoms with Gasteiger partial charge in [0.05, 0.1) is 0 Å². The van der Waals surface area contributed by atoms with E-state index in [1.807, 2.05) is 11.8 Å². The molecule has 0 nitrogen and oxygen atoms in total. The first kappa shape index (κ1) is 10.3. The zero-order chi connectivity index (χ0) is 12.4.